The Balaban J connectivity index is 2.06. The molecule has 2 atom stereocenters. The quantitative estimate of drug-likeness (QED) is 0.655. The fourth-order valence-electron chi connectivity index (χ4n) is 2.46. The van der Waals surface area contributed by atoms with Crippen LogP contribution in [-0.2, 0) is 4.79 Å². The van der Waals surface area contributed by atoms with E-state index in [0.29, 0.717) is 11.7 Å². The summed E-state index contributed by atoms with van der Waals surface area (Å²) in [4.78, 5) is 12.3. The van der Waals surface area contributed by atoms with Crippen LogP contribution in [0.5, 0.6) is 0 Å². The summed E-state index contributed by atoms with van der Waals surface area (Å²) in [5, 5.41) is 0. The number of hydrogen-bond donors (Lipinski definition) is 0. The van der Waals surface area contributed by atoms with Gasteiger partial charge in [0.2, 0.25) is 0 Å². The van der Waals surface area contributed by atoms with Gasteiger partial charge in [-0.05, 0) is 38.0 Å². The standard InChI is InChI=1S/C15H20O/c1-2-12-7-6-10-14(11-12)15(16)13-8-4-3-5-9-13/h3-4,6,10-13H,2,5,7-9H2,1H3. The molecule has 0 aromatic heterocycles. The first-order valence-corrected chi connectivity index (χ1v) is 6.38. The van der Waals surface area contributed by atoms with Crippen LogP contribution >= 0.6 is 0 Å². The van der Waals surface area contributed by atoms with Gasteiger partial charge < -0.3 is 0 Å². The van der Waals surface area contributed by atoms with Gasteiger partial charge in [0, 0.05) is 11.5 Å². The molecule has 0 bridgehead atoms. The zero-order chi connectivity index (χ0) is 11.4. The van der Waals surface area contributed by atoms with Gasteiger partial charge in [0.05, 0.1) is 0 Å². The molecule has 1 nitrogen and oxygen atoms in total. The van der Waals surface area contributed by atoms with Crippen molar-refractivity contribution >= 4 is 5.78 Å². The van der Waals surface area contributed by atoms with Crippen molar-refractivity contribution < 1.29 is 4.79 Å². The molecule has 0 spiro atoms. The maximum Gasteiger partial charge on any atom is 0.165 e. The molecule has 16 heavy (non-hydrogen) atoms. The maximum absolute atomic E-state index is 12.3. The van der Waals surface area contributed by atoms with E-state index >= 15 is 0 Å². The second kappa shape index (κ2) is 5.29. The number of carbonyl (C=O) groups excluding carboxylic acids is 1. The highest BCUT2D eigenvalue weighted by Crippen LogP contribution is 2.26. The van der Waals surface area contributed by atoms with Crippen molar-refractivity contribution in [3.05, 3.63) is 36.0 Å². The SMILES string of the molecule is CCC1C=C(C(=O)C2CC=CCC2)C=CC1. The molecule has 2 aliphatic carbocycles. The predicted molar refractivity (Wildman–Crippen MR) is 67.1 cm³/mol. The average Bonchev–Trinajstić information content (AvgIpc) is 2.39. The summed E-state index contributed by atoms with van der Waals surface area (Å²) < 4.78 is 0. The van der Waals surface area contributed by atoms with Crippen molar-refractivity contribution in [1.82, 2.24) is 0 Å². The summed E-state index contributed by atoms with van der Waals surface area (Å²) in [5.41, 5.74) is 0.957. The molecule has 0 aromatic carbocycles. The highest BCUT2D eigenvalue weighted by Gasteiger charge is 2.22. The third-order valence-corrected chi connectivity index (χ3v) is 3.60. The Morgan fingerprint density at radius 1 is 1.31 bits per heavy atom. The van der Waals surface area contributed by atoms with E-state index in [1.807, 2.05) is 6.08 Å². The Bertz CT molecular complexity index is 346. The second-order valence-electron chi connectivity index (χ2n) is 4.77. The summed E-state index contributed by atoms with van der Waals surface area (Å²) in [7, 11) is 0. The first-order valence-electron chi connectivity index (χ1n) is 6.38. The Hall–Kier alpha value is -1.11. The average molecular weight is 216 g/mol. The van der Waals surface area contributed by atoms with Gasteiger partial charge in [-0.15, -0.1) is 0 Å². The van der Waals surface area contributed by atoms with Gasteiger partial charge in [-0.2, -0.15) is 0 Å². The molecule has 0 amide bonds. The van der Waals surface area contributed by atoms with Crippen molar-refractivity contribution in [2.45, 2.75) is 39.0 Å². The van der Waals surface area contributed by atoms with Gasteiger partial charge in [0.1, 0.15) is 0 Å². The van der Waals surface area contributed by atoms with Gasteiger partial charge in [-0.1, -0.05) is 37.3 Å². The minimum Gasteiger partial charge on any atom is -0.294 e. The lowest BCUT2D eigenvalue weighted by atomic mass is 9.83. The third-order valence-electron chi connectivity index (χ3n) is 3.60. The topological polar surface area (TPSA) is 17.1 Å². The van der Waals surface area contributed by atoms with Crippen LogP contribution in [-0.4, -0.2) is 5.78 Å². The van der Waals surface area contributed by atoms with E-state index in [0.717, 1.165) is 37.7 Å². The zero-order valence-electron chi connectivity index (χ0n) is 9.99. The van der Waals surface area contributed by atoms with Crippen LogP contribution in [0.1, 0.15) is 39.0 Å². The molecule has 0 N–H and O–H groups in total. The number of rotatable bonds is 3. The molecule has 0 radical (unpaired) electrons. The summed E-state index contributed by atoms with van der Waals surface area (Å²) in [6.07, 6.45) is 15.9. The lowest BCUT2D eigenvalue weighted by molar-refractivity contribution is -0.119. The number of allylic oxidation sites excluding steroid dienone is 6. The van der Waals surface area contributed by atoms with Gasteiger partial charge in [-0.3, -0.25) is 4.79 Å². The lowest BCUT2D eigenvalue weighted by Crippen LogP contribution is -2.18. The third kappa shape index (κ3) is 2.52. The van der Waals surface area contributed by atoms with Crippen LogP contribution in [0.3, 0.4) is 0 Å². The summed E-state index contributed by atoms with van der Waals surface area (Å²) in [6, 6.07) is 0. The van der Waals surface area contributed by atoms with Gasteiger partial charge in [0.25, 0.3) is 0 Å². The zero-order valence-corrected chi connectivity index (χ0v) is 9.99. The monoisotopic (exact) mass is 216 g/mol. The fraction of sp³-hybridized carbons (Fsp3) is 0.533. The summed E-state index contributed by atoms with van der Waals surface area (Å²) in [6.45, 7) is 2.19. The van der Waals surface area contributed by atoms with Gasteiger partial charge >= 0.3 is 0 Å². The van der Waals surface area contributed by atoms with Crippen LogP contribution in [0.2, 0.25) is 0 Å². The van der Waals surface area contributed by atoms with Crippen LogP contribution in [0.15, 0.2) is 36.0 Å². The summed E-state index contributed by atoms with van der Waals surface area (Å²) >= 11 is 0. The molecule has 0 saturated heterocycles. The molecule has 0 heterocycles. The van der Waals surface area contributed by atoms with Crippen LogP contribution in [0.4, 0.5) is 0 Å². The normalized spacial score (nSPS) is 28.9. The number of carbonyl (C=O) groups is 1. The predicted octanol–water partition coefficient (Wildman–Crippen LogP) is 3.82. The molecular formula is C15H20O. The molecule has 2 unspecified atom stereocenters. The molecule has 0 fully saturated rings. The first-order chi connectivity index (χ1) is 7.81. The molecule has 2 rings (SSSR count). The van der Waals surface area contributed by atoms with Crippen LogP contribution in [0, 0.1) is 11.8 Å². The van der Waals surface area contributed by atoms with E-state index in [1.54, 1.807) is 0 Å². The highest BCUT2D eigenvalue weighted by atomic mass is 16.1. The van der Waals surface area contributed by atoms with Crippen molar-refractivity contribution in [2.24, 2.45) is 11.8 Å². The van der Waals surface area contributed by atoms with Gasteiger partial charge in [0.15, 0.2) is 5.78 Å². The first kappa shape index (κ1) is 11.4. The van der Waals surface area contributed by atoms with E-state index in [9.17, 15) is 4.79 Å². The maximum atomic E-state index is 12.3. The number of ketones is 1. The highest BCUT2D eigenvalue weighted by molar-refractivity contribution is 6.00. The Morgan fingerprint density at radius 3 is 2.88 bits per heavy atom. The molecule has 0 aromatic rings. The van der Waals surface area contributed by atoms with E-state index in [2.05, 4.69) is 31.2 Å². The molecule has 86 valence electrons. The largest absolute Gasteiger partial charge is 0.294 e. The van der Waals surface area contributed by atoms with Crippen LogP contribution in [0.25, 0.3) is 0 Å². The summed E-state index contributed by atoms with van der Waals surface area (Å²) in [5.74, 6) is 1.17. The molecular weight excluding hydrogens is 196 g/mol. The molecule has 0 aliphatic heterocycles. The van der Waals surface area contributed by atoms with Crippen molar-refractivity contribution in [1.29, 1.82) is 0 Å². The van der Waals surface area contributed by atoms with E-state index < -0.39 is 0 Å². The van der Waals surface area contributed by atoms with E-state index in [1.165, 1.54) is 0 Å². The van der Waals surface area contributed by atoms with Crippen molar-refractivity contribution in [3.8, 4) is 0 Å². The number of hydrogen-bond acceptors (Lipinski definition) is 1. The molecule has 0 saturated carbocycles. The Kier molecular flexibility index (Phi) is 3.76. The smallest absolute Gasteiger partial charge is 0.165 e. The number of Topliss-reactive ketones (excluding diaryl/α,β-unsaturated/α-hetero) is 1. The molecule has 1 heteroatoms. The van der Waals surface area contributed by atoms with E-state index in [-0.39, 0.29) is 5.92 Å². The minimum atomic E-state index is 0.233. The lowest BCUT2D eigenvalue weighted by Gasteiger charge is -2.20. The minimum absolute atomic E-state index is 0.233. The fourth-order valence-corrected chi connectivity index (χ4v) is 2.46. The molecule has 2 aliphatic rings. The van der Waals surface area contributed by atoms with Crippen LogP contribution < -0.4 is 0 Å². The Labute approximate surface area is 97.9 Å². The Morgan fingerprint density at radius 2 is 2.19 bits per heavy atom. The van der Waals surface area contributed by atoms with Crippen molar-refractivity contribution in [2.75, 3.05) is 0 Å². The van der Waals surface area contributed by atoms with Crippen molar-refractivity contribution in [3.63, 3.8) is 0 Å². The van der Waals surface area contributed by atoms with Gasteiger partial charge in [-0.25, -0.2) is 0 Å². The second-order valence-corrected chi connectivity index (χ2v) is 4.77. The van der Waals surface area contributed by atoms with E-state index in [4.69, 9.17) is 0 Å².